The average Bonchev–Trinajstić information content (AvgIpc) is 2.69. The molecular weight excluding hydrogens is 399 g/mol. The van der Waals surface area contributed by atoms with Gasteiger partial charge in [0.1, 0.15) is 11.6 Å². The van der Waals surface area contributed by atoms with Crippen LogP contribution in [-0.2, 0) is 0 Å². The Balaban J connectivity index is 1.91. The SMILES string of the molecule is COc1cc(F)ccc1Oc1cc(Cl)ccc1C(=O)Nc1cccc(C(N)=O)c1. The molecule has 2 amide bonds. The molecule has 0 unspecified atom stereocenters. The first-order valence-corrected chi connectivity index (χ1v) is 8.77. The number of nitrogens with two attached hydrogens (primary N) is 1. The van der Waals surface area contributed by atoms with E-state index >= 15 is 0 Å². The van der Waals surface area contributed by atoms with Crippen LogP contribution < -0.4 is 20.5 Å². The van der Waals surface area contributed by atoms with Gasteiger partial charge < -0.3 is 20.5 Å². The first-order valence-electron chi connectivity index (χ1n) is 8.39. The molecule has 3 aromatic rings. The molecule has 0 saturated carbocycles. The number of benzene rings is 3. The van der Waals surface area contributed by atoms with Crippen LogP contribution in [-0.4, -0.2) is 18.9 Å². The van der Waals surface area contributed by atoms with E-state index in [0.717, 1.165) is 6.07 Å². The molecular formula is C21H16ClFN2O4. The van der Waals surface area contributed by atoms with Gasteiger partial charge in [0, 0.05) is 28.4 Å². The highest BCUT2D eigenvalue weighted by molar-refractivity contribution is 6.31. The fourth-order valence-corrected chi connectivity index (χ4v) is 2.72. The maximum absolute atomic E-state index is 13.4. The van der Waals surface area contributed by atoms with Crippen LogP contribution in [0.3, 0.4) is 0 Å². The zero-order chi connectivity index (χ0) is 21.0. The average molecular weight is 415 g/mol. The summed E-state index contributed by atoms with van der Waals surface area (Å²) >= 11 is 6.05. The smallest absolute Gasteiger partial charge is 0.259 e. The van der Waals surface area contributed by atoms with Gasteiger partial charge >= 0.3 is 0 Å². The second-order valence-corrected chi connectivity index (χ2v) is 6.37. The number of hydrogen-bond donors (Lipinski definition) is 2. The first kappa shape index (κ1) is 20.2. The van der Waals surface area contributed by atoms with Crippen molar-refractivity contribution in [1.82, 2.24) is 0 Å². The lowest BCUT2D eigenvalue weighted by Gasteiger charge is -2.14. The van der Waals surface area contributed by atoms with Crippen molar-refractivity contribution in [1.29, 1.82) is 0 Å². The number of rotatable bonds is 6. The van der Waals surface area contributed by atoms with E-state index in [1.54, 1.807) is 12.1 Å². The third-order valence-electron chi connectivity index (χ3n) is 3.94. The van der Waals surface area contributed by atoms with Crippen LogP contribution in [0.2, 0.25) is 5.02 Å². The van der Waals surface area contributed by atoms with Gasteiger partial charge in [0.2, 0.25) is 5.91 Å². The van der Waals surface area contributed by atoms with E-state index in [-0.39, 0.29) is 28.4 Å². The number of halogens is 2. The zero-order valence-corrected chi connectivity index (χ0v) is 16.0. The minimum atomic E-state index is -0.611. The highest BCUT2D eigenvalue weighted by atomic mass is 35.5. The van der Waals surface area contributed by atoms with E-state index in [0.29, 0.717) is 10.7 Å². The molecule has 0 spiro atoms. The second kappa shape index (κ2) is 8.62. The Morgan fingerprint density at radius 2 is 1.79 bits per heavy atom. The number of amides is 2. The highest BCUT2D eigenvalue weighted by Crippen LogP contribution is 2.35. The van der Waals surface area contributed by atoms with Crippen LogP contribution in [0.25, 0.3) is 0 Å². The summed E-state index contributed by atoms with van der Waals surface area (Å²) in [5.41, 5.74) is 6.07. The van der Waals surface area contributed by atoms with Crippen molar-refractivity contribution < 1.29 is 23.5 Å². The lowest BCUT2D eigenvalue weighted by atomic mass is 10.1. The van der Waals surface area contributed by atoms with Crippen molar-refractivity contribution in [2.75, 3.05) is 12.4 Å². The second-order valence-electron chi connectivity index (χ2n) is 5.94. The van der Waals surface area contributed by atoms with E-state index < -0.39 is 17.6 Å². The molecule has 0 aliphatic heterocycles. The predicted molar refractivity (Wildman–Crippen MR) is 107 cm³/mol. The number of carbonyl (C=O) groups is 2. The lowest BCUT2D eigenvalue weighted by Crippen LogP contribution is -2.15. The van der Waals surface area contributed by atoms with Gasteiger partial charge in [-0.2, -0.15) is 0 Å². The molecule has 0 radical (unpaired) electrons. The molecule has 0 aliphatic rings. The molecule has 3 rings (SSSR count). The van der Waals surface area contributed by atoms with Crippen molar-refractivity contribution in [3.05, 3.63) is 82.6 Å². The normalized spacial score (nSPS) is 10.3. The molecule has 29 heavy (non-hydrogen) atoms. The van der Waals surface area contributed by atoms with Crippen molar-refractivity contribution in [3.8, 4) is 17.2 Å². The molecule has 0 aliphatic carbocycles. The molecule has 0 fully saturated rings. The first-order chi connectivity index (χ1) is 13.9. The topological polar surface area (TPSA) is 90.7 Å². The Bertz CT molecular complexity index is 1090. The van der Waals surface area contributed by atoms with Crippen molar-refractivity contribution in [3.63, 3.8) is 0 Å². The summed E-state index contributed by atoms with van der Waals surface area (Å²) in [6, 6.07) is 14.4. The molecule has 3 aromatic carbocycles. The number of primary amides is 1. The molecule has 0 saturated heterocycles. The molecule has 3 N–H and O–H groups in total. The summed E-state index contributed by atoms with van der Waals surface area (Å²) in [6.45, 7) is 0. The summed E-state index contributed by atoms with van der Waals surface area (Å²) in [5.74, 6) is -1.09. The van der Waals surface area contributed by atoms with Crippen LogP contribution in [0.1, 0.15) is 20.7 Å². The molecule has 148 valence electrons. The number of hydrogen-bond acceptors (Lipinski definition) is 4. The highest BCUT2D eigenvalue weighted by Gasteiger charge is 2.17. The van der Waals surface area contributed by atoms with Crippen molar-refractivity contribution >= 4 is 29.1 Å². The number of ether oxygens (including phenoxy) is 2. The summed E-state index contributed by atoms with van der Waals surface area (Å²) in [4.78, 5) is 24.1. The maximum atomic E-state index is 13.4. The van der Waals surface area contributed by atoms with Gasteiger partial charge in [0.05, 0.1) is 12.7 Å². The monoisotopic (exact) mass is 414 g/mol. The van der Waals surface area contributed by atoms with Gasteiger partial charge in [-0.05, 0) is 42.5 Å². The predicted octanol–water partition coefficient (Wildman–Crippen LogP) is 4.63. The summed E-state index contributed by atoms with van der Waals surface area (Å²) in [6.07, 6.45) is 0. The molecule has 0 aromatic heterocycles. The number of anilines is 1. The maximum Gasteiger partial charge on any atom is 0.259 e. The van der Waals surface area contributed by atoms with Crippen molar-refractivity contribution in [2.45, 2.75) is 0 Å². The van der Waals surface area contributed by atoms with Crippen LogP contribution in [0.4, 0.5) is 10.1 Å². The van der Waals surface area contributed by atoms with Gasteiger partial charge in [-0.1, -0.05) is 17.7 Å². The Morgan fingerprint density at radius 3 is 2.52 bits per heavy atom. The fraction of sp³-hybridized carbons (Fsp3) is 0.0476. The molecule has 6 nitrogen and oxygen atoms in total. The molecule has 0 atom stereocenters. The van der Waals surface area contributed by atoms with Gasteiger partial charge in [-0.25, -0.2) is 4.39 Å². The van der Waals surface area contributed by atoms with Crippen molar-refractivity contribution in [2.24, 2.45) is 5.73 Å². The van der Waals surface area contributed by atoms with Gasteiger partial charge in [0.25, 0.3) is 5.91 Å². The third kappa shape index (κ3) is 4.83. The van der Waals surface area contributed by atoms with E-state index in [9.17, 15) is 14.0 Å². The van der Waals surface area contributed by atoms with E-state index in [4.69, 9.17) is 26.8 Å². The van der Waals surface area contributed by atoms with Crippen LogP contribution in [0.15, 0.2) is 60.7 Å². The standard InChI is InChI=1S/C21H16ClFN2O4/c1-28-19-11-14(23)6-8-17(19)29-18-10-13(22)5-7-16(18)21(27)25-15-4-2-3-12(9-15)20(24)26/h2-11H,1H3,(H2,24,26)(H,25,27). The van der Waals surface area contributed by atoms with Gasteiger partial charge in [-0.3, -0.25) is 9.59 Å². The van der Waals surface area contributed by atoms with Gasteiger partial charge in [-0.15, -0.1) is 0 Å². The van der Waals surface area contributed by atoms with Gasteiger partial charge in [0.15, 0.2) is 11.5 Å². The Hall–Kier alpha value is -3.58. The van der Waals surface area contributed by atoms with Crippen LogP contribution >= 0.6 is 11.6 Å². The van der Waals surface area contributed by atoms with E-state index in [1.807, 2.05) is 0 Å². The van der Waals surface area contributed by atoms with E-state index in [2.05, 4.69) is 5.32 Å². The Morgan fingerprint density at radius 1 is 1.00 bits per heavy atom. The quantitative estimate of drug-likeness (QED) is 0.615. The number of carbonyl (C=O) groups excluding carboxylic acids is 2. The molecule has 0 bridgehead atoms. The van der Waals surface area contributed by atoms with Crippen LogP contribution in [0.5, 0.6) is 17.2 Å². The van der Waals surface area contributed by atoms with Crippen LogP contribution in [0, 0.1) is 5.82 Å². The summed E-state index contributed by atoms with van der Waals surface area (Å²) < 4.78 is 24.3. The minimum absolute atomic E-state index is 0.144. The third-order valence-corrected chi connectivity index (χ3v) is 4.17. The molecule has 8 heteroatoms. The lowest BCUT2D eigenvalue weighted by molar-refractivity contribution is 0.0995. The largest absolute Gasteiger partial charge is 0.493 e. The summed E-state index contributed by atoms with van der Waals surface area (Å²) in [5, 5.41) is 3.02. The summed E-state index contributed by atoms with van der Waals surface area (Å²) in [7, 11) is 1.37. The fourth-order valence-electron chi connectivity index (χ4n) is 2.56. The Labute approximate surface area is 171 Å². The number of nitrogens with one attached hydrogen (secondary N) is 1. The zero-order valence-electron chi connectivity index (χ0n) is 15.2. The number of methoxy groups -OCH3 is 1. The van der Waals surface area contributed by atoms with E-state index in [1.165, 1.54) is 49.6 Å². The Kier molecular flexibility index (Phi) is 5.99. The molecule has 0 heterocycles. The minimum Gasteiger partial charge on any atom is -0.493 e.